The van der Waals surface area contributed by atoms with Gasteiger partial charge in [0, 0.05) is 12.6 Å². The molecular formula is C8H13NO3. The van der Waals surface area contributed by atoms with Crippen LogP contribution in [0.5, 0.6) is 0 Å². The fourth-order valence-electron chi connectivity index (χ4n) is 1.56. The molecular weight excluding hydrogens is 158 g/mol. The van der Waals surface area contributed by atoms with Crippen LogP contribution in [0.25, 0.3) is 0 Å². The van der Waals surface area contributed by atoms with E-state index < -0.39 is 12.1 Å². The van der Waals surface area contributed by atoms with E-state index in [2.05, 4.69) is 5.32 Å². The van der Waals surface area contributed by atoms with Gasteiger partial charge in [0.25, 0.3) is 0 Å². The number of ether oxygens (including phenoxy) is 1. The van der Waals surface area contributed by atoms with Gasteiger partial charge in [0.15, 0.2) is 6.10 Å². The highest BCUT2D eigenvalue weighted by Crippen LogP contribution is 2.33. The number of aliphatic carboxylic acids is 1. The topological polar surface area (TPSA) is 58.6 Å². The molecule has 0 aromatic rings. The highest BCUT2D eigenvalue weighted by Gasteiger charge is 2.35. The van der Waals surface area contributed by atoms with E-state index in [4.69, 9.17) is 9.84 Å². The van der Waals surface area contributed by atoms with Crippen molar-refractivity contribution in [3.63, 3.8) is 0 Å². The molecule has 0 spiro atoms. The Balaban J connectivity index is 1.80. The van der Waals surface area contributed by atoms with Crippen molar-refractivity contribution in [3.05, 3.63) is 0 Å². The van der Waals surface area contributed by atoms with Crippen molar-refractivity contribution in [2.24, 2.45) is 5.92 Å². The number of carboxylic acid groups (broad SMARTS) is 1. The second kappa shape index (κ2) is 3.03. The summed E-state index contributed by atoms with van der Waals surface area (Å²) in [7, 11) is 0. The first-order valence-corrected chi connectivity index (χ1v) is 4.35. The number of rotatable bonds is 2. The summed E-state index contributed by atoms with van der Waals surface area (Å²) in [5, 5.41) is 11.8. The van der Waals surface area contributed by atoms with Crippen molar-refractivity contribution in [1.29, 1.82) is 0 Å². The molecule has 68 valence electrons. The highest BCUT2D eigenvalue weighted by atomic mass is 16.5. The Hall–Kier alpha value is -0.610. The fourth-order valence-corrected chi connectivity index (χ4v) is 1.56. The molecule has 2 fully saturated rings. The minimum atomic E-state index is -0.864. The molecule has 1 aliphatic carbocycles. The molecule has 2 atom stereocenters. The molecule has 0 radical (unpaired) electrons. The van der Waals surface area contributed by atoms with E-state index in [0.29, 0.717) is 19.2 Å². The van der Waals surface area contributed by atoms with Crippen molar-refractivity contribution in [2.75, 3.05) is 13.2 Å². The molecule has 4 heteroatoms. The lowest BCUT2D eigenvalue weighted by atomic mass is 10.1. The number of carbonyl (C=O) groups is 1. The molecule has 2 aliphatic rings. The van der Waals surface area contributed by atoms with Gasteiger partial charge in [-0.3, -0.25) is 0 Å². The van der Waals surface area contributed by atoms with Gasteiger partial charge in [0.2, 0.25) is 0 Å². The van der Waals surface area contributed by atoms with Crippen molar-refractivity contribution >= 4 is 5.97 Å². The van der Waals surface area contributed by atoms with Crippen LogP contribution in [0.2, 0.25) is 0 Å². The number of hydrogen-bond acceptors (Lipinski definition) is 3. The maximum Gasteiger partial charge on any atom is 0.334 e. The van der Waals surface area contributed by atoms with E-state index in [1.165, 1.54) is 12.8 Å². The lowest BCUT2D eigenvalue weighted by molar-refractivity contribution is -0.153. The molecule has 2 N–H and O–H groups in total. The Morgan fingerprint density at radius 2 is 2.25 bits per heavy atom. The molecule has 12 heavy (non-hydrogen) atoms. The monoisotopic (exact) mass is 171 g/mol. The average Bonchev–Trinajstić information content (AvgIpc) is 2.87. The second-order valence-corrected chi connectivity index (χ2v) is 3.51. The first-order chi connectivity index (χ1) is 5.77. The Kier molecular flexibility index (Phi) is 2.02. The Bertz CT molecular complexity index is 183. The minimum absolute atomic E-state index is 0.403. The molecule has 0 amide bonds. The Morgan fingerprint density at radius 1 is 1.50 bits per heavy atom. The third-order valence-electron chi connectivity index (χ3n) is 2.51. The van der Waals surface area contributed by atoms with Crippen LogP contribution >= 0.6 is 0 Å². The van der Waals surface area contributed by atoms with Crippen molar-refractivity contribution < 1.29 is 14.6 Å². The quantitative estimate of drug-likeness (QED) is 0.606. The van der Waals surface area contributed by atoms with E-state index in [0.717, 1.165) is 5.92 Å². The predicted molar refractivity (Wildman–Crippen MR) is 41.9 cm³/mol. The van der Waals surface area contributed by atoms with Crippen LogP contribution in [-0.2, 0) is 9.53 Å². The van der Waals surface area contributed by atoms with Crippen LogP contribution in [-0.4, -0.2) is 36.4 Å². The summed E-state index contributed by atoms with van der Waals surface area (Å²) in [6.07, 6.45) is 1.89. The van der Waals surface area contributed by atoms with Crippen LogP contribution in [0.4, 0.5) is 0 Å². The van der Waals surface area contributed by atoms with Crippen LogP contribution in [0.1, 0.15) is 12.8 Å². The van der Waals surface area contributed by atoms with Crippen LogP contribution in [0.3, 0.4) is 0 Å². The average molecular weight is 171 g/mol. The van der Waals surface area contributed by atoms with Gasteiger partial charge in [-0.05, 0) is 18.8 Å². The van der Waals surface area contributed by atoms with E-state index >= 15 is 0 Å². The molecule has 2 rings (SSSR count). The maximum atomic E-state index is 10.5. The zero-order valence-electron chi connectivity index (χ0n) is 6.82. The predicted octanol–water partition coefficient (Wildman–Crippen LogP) is -0.162. The summed E-state index contributed by atoms with van der Waals surface area (Å²) in [6.45, 7) is 1.01. The molecule has 1 saturated heterocycles. The summed E-state index contributed by atoms with van der Waals surface area (Å²) in [5.41, 5.74) is 0. The normalized spacial score (nSPS) is 36.3. The molecule has 0 bridgehead atoms. The number of carboxylic acids is 1. The third kappa shape index (κ3) is 1.59. The number of hydrogen-bond donors (Lipinski definition) is 2. The zero-order chi connectivity index (χ0) is 8.55. The summed E-state index contributed by atoms with van der Waals surface area (Å²) in [4.78, 5) is 10.5. The van der Waals surface area contributed by atoms with Gasteiger partial charge in [0.05, 0.1) is 6.61 Å². The Labute approximate surface area is 70.9 Å². The summed E-state index contributed by atoms with van der Waals surface area (Å²) < 4.78 is 5.19. The van der Waals surface area contributed by atoms with E-state index in [-0.39, 0.29) is 0 Å². The zero-order valence-corrected chi connectivity index (χ0v) is 6.82. The van der Waals surface area contributed by atoms with Crippen molar-refractivity contribution in [3.8, 4) is 0 Å². The highest BCUT2D eigenvalue weighted by molar-refractivity contribution is 5.72. The van der Waals surface area contributed by atoms with Gasteiger partial charge in [0.1, 0.15) is 0 Å². The summed E-state index contributed by atoms with van der Waals surface area (Å²) in [6, 6.07) is 0.403. The third-order valence-corrected chi connectivity index (χ3v) is 2.51. The first kappa shape index (κ1) is 8.01. The molecule has 1 aliphatic heterocycles. The molecule has 1 saturated carbocycles. The minimum Gasteiger partial charge on any atom is -0.479 e. The largest absolute Gasteiger partial charge is 0.479 e. The Morgan fingerprint density at radius 3 is 2.67 bits per heavy atom. The van der Waals surface area contributed by atoms with Crippen molar-refractivity contribution in [2.45, 2.75) is 25.0 Å². The summed E-state index contributed by atoms with van der Waals surface area (Å²) >= 11 is 0. The maximum absolute atomic E-state index is 10.5. The fraction of sp³-hybridized carbons (Fsp3) is 0.875. The molecule has 2 unspecified atom stereocenters. The van der Waals surface area contributed by atoms with Crippen LogP contribution in [0, 0.1) is 5.92 Å². The lowest BCUT2D eigenvalue weighted by Gasteiger charge is -2.27. The van der Waals surface area contributed by atoms with Gasteiger partial charge in [-0.1, -0.05) is 0 Å². The standard InChI is InChI=1S/C8H13NO3/c10-8(11)7-3-9-6(4-12-7)5-1-2-5/h5-7,9H,1-4H2,(H,10,11). The lowest BCUT2D eigenvalue weighted by Crippen LogP contribution is -2.50. The van der Waals surface area contributed by atoms with E-state index in [1.807, 2.05) is 0 Å². The summed E-state index contributed by atoms with van der Waals surface area (Å²) in [5.74, 6) is -0.128. The van der Waals surface area contributed by atoms with Crippen LogP contribution in [0.15, 0.2) is 0 Å². The number of nitrogens with one attached hydrogen (secondary N) is 1. The first-order valence-electron chi connectivity index (χ1n) is 4.35. The molecule has 0 aromatic carbocycles. The smallest absolute Gasteiger partial charge is 0.334 e. The van der Waals surface area contributed by atoms with Gasteiger partial charge < -0.3 is 15.2 Å². The van der Waals surface area contributed by atoms with Gasteiger partial charge in [-0.2, -0.15) is 0 Å². The van der Waals surface area contributed by atoms with Gasteiger partial charge in [-0.25, -0.2) is 4.79 Å². The molecule has 0 aromatic heterocycles. The van der Waals surface area contributed by atoms with Crippen LogP contribution < -0.4 is 5.32 Å². The van der Waals surface area contributed by atoms with E-state index in [1.54, 1.807) is 0 Å². The van der Waals surface area contributed by atoms with E-state index in [9.17, 15) is 4.79 Å². The SMILES string of the molecule is O=C(O)C1CNC(C2CC2)CO1. The molecule has 4 nitrogen and oxygen atoms in total. The van der Waals surface area contributed by atoms with Gasteiger partial charge in [-0.15, -0.1) is 0 Å². The second-order valence-electron chi connectivity index (χ2n) is 3.51. The molecule has 1 heterocycles. The van der Waals surface area contributed by atoms with Gasteiger partial charge >= 0.3 is 5.97 Å². The number of morpholine rings is 1. The van der Waals surface area contributed by atoms with Crippen molar-refractivity contribution in [1.82, 2.24) is 5.32 Å².